The molecule has 1 N–H and O–H groups in total. The van der Waals surface area contributed by atoms with Crippen LogP contribution in [-0.4, -0.2) is 68.9 Å². The highest BCUT2D eigenvalue weighted by Gasteiger charge is 2.47. The Morgan fingerprint density at radius 2 is 1.96 bits per heavy atom. The number of ether oxygens (including phenoxy) is 1. The predicted octanol–water partition coefficient (Wildman–Crippen LogP) is 0.378. The average Bonchev–Trinajstić information content (AvgIpc) is 2.90. The number of benzene rings is 1. The molecule has 0 spiro atoms. The summed E-state index contributed by atoms with van der Waals surface area (Å²) in [5.74, 6) is -0.541. The first-order chi connectivity index (χ1) is 12.5. The van der Waals surface area contributed by atoms with Crippen molar-refractivity contribution in [1.29, 1.82) is 0 Å². The molecular weight excluding hydrogens is 370 g/mol. The molecule has 2 aliphatic rings. The van der Waals surface area contributed by atoms with Crippen molar-refractivity contribution < 1.29 is 22.7 Å². The van der Waals surface area contributed by atoms with Gasteiger partial charge in [0.2, 0.25) is 5.91 Å². The van der Waals surface area contributed by atoms with Gasteiger partial charge in [-0.05, 0) is 39.0 Å². The number of carbonyl (C=O) groups excluding carboxylic acids is 2. The van der Waals surface area contributed by atoms with Gasteiger partial charge in [-0.1, -0.05) is 6.07 Å². The molecule has 1 amide bonds. The molecule has 8 nitrogen and oxygen atoms in total. The predicted molar refractivity (Wildman–Crippen MR) is 100 cm³/mol. The summed E-state index contributed by atoms with van der Waals surface area (Å²) in [4.78, 5) is 29.0. The fourth-order valence-corrected chi connectivity index (χ4v) is 3.99. The molecule has 1 aromatic rings. The van der Waals surface area contributed by atoms with Crippen LogP contribution in [0.4, 0.5) is 5.69 Å². The molecule has 0 saturated carbocycles. The molecule has 0 bridgehead atoms. The van der Waals surface area contributed by atoms with Gasteiger partial charge in [0.25, 0.3) is 0 Å². The number of hydrogen-bond acceptors (Lipinski definition) is 7. The number of esters is 1. The molecule has 2 heterocycles. The van der Waals surface area contributed by atoms with E-state index in [9.17, 15) is 18.0 Å². The van der Waals surface area contributed by atoms with E-state index in [2.05, 4.69) is 5.32 Å². The van der Waals surface area contributed by atoms with Crippen molar-refractivity contribution in [2.45, 2.75) is 43.4 Å². The quantitative estimate of drug-likeness (QED) is 0.739. The van der Waals surface area contributed by atoms with Gasteiger partial charge in [0.15, 0.2) is 9.84 Å². The fourth-order valence-electron chi connectivity index (χ4n) is 3.33. The molecule has 148 valence electrons. The lowest BCUT2D eigenvalue weighted by molar-refractivity contribution is -0.162. The molecule has 0 aromatic heterocycles. The molecule has 2 fully saturated rings. The first-order valence-electron chi connectivity index (χ1n) is 8.78. The lowest BCUT2D eigenvalue weighted by atomic mass is 10.1. The van der Waals surface area contributed by atoms with Crippen molar-refractivity contribution in [2.75, 3.05) is 30.9 Å². The number of nitrogens with one attached hydrogen (secondary N) is 1. The lowest BCUT2D eigenvalue weighted by Gasteiger charge is -2.35. The lowest BCUT2D eigenvalue weighted by Crippen LogP contribution is -2.60. The summed E-state index contributed by atoms with van der Waals surface area (Å²) in [6, 6.07) is 5.23. The maximum Gasteiger partial charge on any atom is 0.325 e. The molecule has 2 aliphatic heterocycles. The summed E-state index contributed by atoms with van der Waals surface area (Å²) in [7, 11) is -3.38. The summed E-state index contributed by atoms with van der Waals surface area (Å²) in [6.45, 7) is 6.45. The summed E-state index contributed by atoms with van der Waals surface area (Å²) in [5.41, 5.74) is -0.114. The Balaban J connectivity index is 1.86. The first-order valence-corrected chi connectivity index (χ1v) is 10.7. The fraction of sp³-hybridized carbons (Fsp3) is 0.556. The van der Waals surface area contributed by atoms with Crippen LogP contribution in [0.1, 0.15) is 20.8 Å². The van der Waals surface area contributed by atoms with Crippen LogP contribution in [-0.2, 0) is 24.2 Å². The van der Waals surface area contributed by atoms with E-state index in [1.54, 1.807) is 32.9 Å². The second-order valence-electron chi connectivity index (χ2n) is 7.91. The number of anilines is 1. The van der Waals surface area contributed by atoms with Gasteiger partial charge >= 0.3 is 5.97 Å². The Morgan fingerprint density at radius 3 is 2.59 bits per heavy atom. The van der Waals surface area contributed by atoms with Crippen LogP contribution in [0, 0.1) is 0 Å². The number of carbonyl (C=O) groups is 2. The van der Waals surface area contributed by atoms with E-state index in [0.717, 1.165) is 6.26 Å². The van der Waals surface area contributed by atoms with Crippen LogP contribution < -0.4 is 10.2 Å². The van der Waals surface area contributed by atoms with E-state index < -0.39 is 27.5 Å². The van der Waals surface area contributed by atoms with Crippen LogP contribution >= 0.6 is 0 Å². The number of sulfone groups is 1. The van der Waals surface area contributed by atoms with Crippen LogP contribution in [0.3, 0.4) is 0 Å². The van der Waals surface area contributed by atoms with Gasteiger partial charge in [-0.3, -0.25) is 19.4 Å². The minimum atomic E-state index is -3.38. The Hall–Kier alpha value is -1.97. The minimum absolute atomic E-state index is 0.152. The molecule has 1 aromatic carbocycles. The molecule has 2 atom stereocenters. The maximum absolute atomic E-state index is 12.9. The van der Waals surface area contributed by atoms with Gasteiger partial charge in [0.05, 0.1) is 11.6 Å². The summed E-state index contributed by atoms with van der Waals surface area (Å²) < 4.78 is 29.1. The van der Waals surface area contributed by atoms with Gasteiger partial charge in [-0.25, -0.2) is 8.42 Å². The Kier molecular flexibility index (Phi) is 5.04. The maximum atomic E-state index is 12.9. The van der Waals surface area contributed by atoms with Gasteiger partial charge < -0.3 is 10.1 Å². The van der Waals surface area contributed by atoms with Crippen LogP contribution in [0.2, 0.25) is 0 Å². The number of rotatable bonds is 3. The second kappa shape index (κ2) is 6.88. The van der Waals surface area contributed by atoms with E-state index in [-0.39, 0.29) is 23.4 Å². The Labute approximate surface area is 159 Å². The van der Waals surface area contributed by atoms with Crippen molar-refractivity contribution in [3.8, 4) is 0 Å². The monoisotopic (exact) mass is 395 g/mol. The van der Waals surface area contributed by atoms with Crippen molar-refractivity contribution in [3.05, 3.63) is 24.3 Å². The SMILES string of the molecule is CC(C)(C)OC(=O)C1CNCC2C(=O)N(c3cccc(S(C)(=O)=O)c3)CN12. The zero-order chi connectivity index (χ0) is 20.0. The third-order valence-electron chi connectivity index (χ3n) is 4.57. The second-order valence-corrected chi connectivity index (χ2v) is 9.93. The third-order valence-corrected chi connectivity index (χ3v) is 5.68. The van der Waals surface area contributed by atoms with E-state index in [1.807, 2.05) is 4.90 Å². The highest BCUT2D eigenvalue weighted by atomic mass is 32.2. The Morgan fingerprint density at radius 1 is 1.26 bits per heavy atom. The molecule has 3 rings (SSSR count). The van der Waals surface area contributed by atoms with Crippen molar-refractivity contribution in [2.24, 2.45) is 0 Å². The minimum Gasteiger partial charge on any atom is -0.459 e. The van der Waals surface area contributed by atoms with Crippen molar-refractivity contribution in [1.82, 2.24) is 10.2 Å². The highest BCUT2D eigenvalue weighted by Crippen LogP contribution is 2.28. The van der Waals surface area contributed by atoms with Crippen LogP contribution in [0.5, 0.6) is 0 Å². The molecule has 9 heteroatoms. The van der Waals surface area contributed by atoms with E-state index in [4.69, 9.17) is 4.74 Å². The van der Waals surface area contributed by atoms with E-state index in [1.165, 1.54) is 17.0 Å². The number of fused-ring (bicyclic) bond motifs is 1. The number of nitrogens with zero attached hydrogens (tertiary/aromatic N) is 2. The molecule has 2 saturated heterocycles. The summed E-state index contributed by atoms with van der Waals surface area (Å²) in [6.07, 6.45) is 1.13. The van der Waals surface area contributed by atoms with Crippen LogP contribution in [0.25, 0.3) is 0 Å². The smallest absolute Gasteiger partial charge is 0.325 e. The topological polar surface area (TPSA) is 96.0 Å². The normalized spacial score (nSPS) is 24.0. The largest absolute Gasteiger partial charge is 0.459 e. The molecule has 0 aliphatic carbocycles. The average molecular weight is 395 g/mol. The highest BCUT2D eigenvalue weighted by molar-refractivity contribution is 7.90. The number of hydrogen-bond donors (Lipinski definition) is 1. The standard InChI is InChI=1S/C18H25N3O5S/c1-18(2,3)26-17(23)15-10-19-9-14-16(22)20(11-21(14)15)12-6-5-7-13(8-12)27(4,24)25/h5-8,14-15,19H,9-11H2,1-4H3. The Bertz CT molecular complexity index is 862. The summed E-state index contributed by atoms with van der Waals surface area (Å²) in [5, 5.41) is 3.13. The van der Waals surface area contributed by atoms with E-state index in [0.29, 0.717) is 18.8 Å². The van der Waals surface area contributed by atoms with Gasteiger partial charge in [-0.15, -0.1) is 0 Å². The molecule has 0 radical (unpaired) electrons. The van der Waals surface area contributed by atoms with Crippen molar-refractivity contribution >= 4 is 27.4 Å². The third kappa shape index (κ3) is 4.15. The molecule has 2 unspecified atom stereocenters. The number of amides is 1. The van der Waals surface area contributed by atoms with Crippen LogP contribution in [0.15, 0.2) is 29.2 Å². The first kappa shape index (κ1) is 19.8. The van der Waals surface area contributed by atoms with Gasteiger partial charge in [0.1, 0.15) is 17.7 Å². The zero-order valence-electron chi connectivity index (χ0n) is 15.9. The van der Waals surface area contributed by atoms with Crippen molar-refractivity contribution in [3.63, 3.8) is 0 Å². The molecular formula is C18H25N3O5S. The molecule has 27 heavy (non-hydrogen) atoms. The van der Waals surface area contributed by atoms with E-state index >= 15 is 0 Å². The van der Waals surface area contributed by atoms with Gasteiger partial charge in [0, 0.05) is 25.0 Å². The number of piperazine rings is 1. The van der Waals surface area contributed by atoms with Gasteiger partial charge in [-0.2, -0.15) is 0 Å². The zero-order valence-corrected chi connectivity index (χ0v) is 16.7. The summed E-state index contributed by atoms with van der Waals surface area (Å²) >= 11 is 0.